The molecule has 188 valence electrons. The van der Waals surface area contributed by atoms with Gasteiger partial charge in [0.25, 0.3) is 5.56 Å². The van der Waals surface area contributed by atoms with E-state index in [1.54, 1.807) is 6.07 Å². The Morgan fingerprint density at radius 1 is 1.09 bits per heavy atom. The van der Waals surface area contributed by atoms with Crippen LogP contribution in [0.1, 0.15) is 49.6 Å². The second kappa shape index (κ2) is 13.9. The maximum absolute atomic E-state index is 12.4. The van der Waals surface area contributed by atoms with E-state index in [1.165, 1.54) is 22.4 Å². The number of nitrogens with zero attached hydrogens (tertiary/aromatic N) is 1. The van der Waals surface area contributed by atoms with Crippen molar-refractivity contribution in [1.29, 1.82) is 0 Å². The molecule has 2 aromatic rings. The number of carboxylic acid groups (broad SMARTS) is 2. The van der Waals surface area contributed by atoms with Crippen molar-refractivity contribution >= 4 is 35.1 Å². The molecule has 1 heterocycles. The molecule has 0 amide bonds. The number of aliphatic carboxylic acids is 2. The van der Waals surface area contributed by atoms with E-state index < -0.39 is 11.9 Å². The van der Waals surface area contributed by atoms with Gasteiger partial charge in [-0.15, -0.1) is 0 Å². The van der Waals surface area contributed by atoms with Gasteiger partial charge in [0.2, 0.25) is 0 Å². The summed E-state index contributed by atoms with van der Waals surface area (Å²) in [5.74, 6) is -2.51. The van der Waals surface area contributed by atoms with E-state index in [4.69, 9.17) is 33.4 Å². The summed E-state index contributed by atoms with van der Waals surface area (Å²) in [6, 6.07) is 9.79. The van der Waals surface area contributed by atoms with Crippen LogP contribution in [0.4, 0.5) is 0 Å². The van der Waals surface area contributed by atoms with Crippen LogP contribution in [0.2, 0.25) is 10.0 Å². The SMILES string of the molecule is CC(C)=CCn1c2c(ccc1=O)C(NCCc1ccc(Cl)c(Cl)c1)CCC2.O=C(O)/C=C\C(=O)O. The first-order valence-electron chi connectivity index (χ1n) is 11.3. The third-order valence-corrected chi connectivity index (χ3v) is 6.19. The van der Waals surface area contributed by atoms with E-state index >= 15 is 0 Å². The van der Waals surface area contributed by atoms with Gasteiger partial charge in [-0.1, -0.05) is 47.0 Å². The molecule has 35 heavy (non-hydrogen) atoms. The number of halogens is 2. The molecule has 3 N–H and O–H groups in total. The molecule has 0 saturated carbocycles. The summed E-state index contributed by atoms with van der Waals surface area (Å²) >= 11 is 12.1. The predicted molar refractivity (Wildman–Crippen MR) is 138 cm³/mol. The quantitative estimate of drug-likeness (QED) is 0.332. The highest BCUT2D eigenvalue weighted by Gasteiger charge is 2.22. The third-order valence-electron chi connectivity index (χ3n) is 5.45. The smallest absolute Gasteiger partial charge is 0.328 e. The Labute approximate surface area is 214 Å². The molecule has 1 aliphatic carbocycles. The van der Waals surface area contributed by atoms with Crippen LogP contribution < -0.4 is 10.9 Å². The van der Waals surface area contributed by atoms with E-state index in [0.717, 1.165) is 32.2 Å². The van der Waals surface area contributed by atoms with E-state index in [2.05, 4.69) is 25.2 Å². The highest BCUT2D eigenvalue weighted by Crippen LogP contribution is 2.29. The molecule has 1 atom stereocenters. The number of fused-ring (bicyclic) bond motifs is 1. The molecule has 1 unspecified atom stereocenters. The summed E-state index contributed by atoms with van der Waals surface area (Å²) in [6.07, 6.45) is 7.27. The van der Waals surface area contributed by atoms with Gasteiger partial charge in [0.1, 0.15) is 0 Å². The molecular weight excluding hydrogens is 491 g/mol. The minimum Gasteiger partial charge on any atom is -0.478 e. The molecule has 9 heteroatoms. The topological polar surface area (TPSA) is 109 Å². The lowest BCUT2D eigenvalue weighted by Gasteiger charge is -2.28. The fourth-order valence-corrected chi connectivity index (χ4v) is 4.10. The number of allylic oxidation sites excluding steroid dienone is 2. The molecule has 0 aliphatic heterocycles. The van der Waals surface area contributed by atoms with Gasteiger partial charge >= 0.3 is 11.9 Å². The zero-order valence-electron chi connectivity index (χ0n) is 19.8. The van der Waals surface area contributed by atoms with Crippen LogP contribution in [0.25, 0.3) is 0 Å². The van der Waals surface area contributed by atoms with Gasteiger partial charge in [0.15, 0.2) is 0 Å². The first-order chi connectivity index (χ1) is 16.6. The minimum absolute atomic E-state index is 0.0858. The Hall–Kier alpha value is -2.87. The molecule has 0 spiro atoms. The van der Waals surface area contributed by atoms with Crippen molar-refractivity contribution in [2.75, 3.05) is 6.54 Å². The van der Waals surface area contributed by atoms with Crippen LogP contribution in [-0.2, 0) is 29.0 Å². The Morgan fingerprint density at radius 2 is 1.77 bits per heavy atom. The van der Waals surface area contributed by atoms with Crippen LogP contribution in [0.15, 0.2) is 58.9 Å². The molecule has 1 aromatic carbocycles. The second-order valence-electron chi connectivity index (χ2n) is 8.37. The van der Waals surface area contributed by atoms with Gasteiger partial charge in [-0.05, 0) is 69.3 Å². The van der Waals surface area contributed by atoms with Crippen LogP contribution in [-0.4, -0.2) is 33.3 Å². The van der Waals surface area contributed by atoms with Crippen LogP contribution >= 0.6 is 23.2 Å². The van der Waals surface area contributed by atoms with Gasteiger partial charge in [0.05, 0.1) is 10.0 Å². The molecule has 3 rings (SSSR count). The van der Waals surface area contributed by atoms with Gasteiger partial charge in [-0.2, -0.15) is 0 Å². The summed E-state index contributed by atoms with van der Waals surface area (Å²) in [4.78, 5) is 31.5. The molecule has 0 fully saturated rings. The summed E-state index contributed by atoms with van der Waals surface area (Å²) < 4.78 is 1.93. The van der Waals surface area contributed by atoms with Crippen molar-refractivity contribution in [2.24, 2.45) is 0 Å². The van der Waals surface area contributed by atoms with Gasteiger partial charge < -0.3 is 20.1 Å². The van der Waals surface area contributed by atoms with Crippen molar-refractivity contribution in [3.05, 3.63) is 91.4 Å². The van der Waals surface area contributed by atoms with E-state index in [-0.39, 0.29) is 11.6 Å². The highest BCUT2D eigenvalue weighted by atomic mass is 35.5. The molecule has 0 bridgehead atoms. The summed E-state index contributed by atoms with van der Waals surface area (Å²) in [7, 11) is 0. The summed E-state index contributed by atoms with van der Waals surface area (Å²) in [5.41, 5.74) is 4.92. The van der Waals surface area contributed by atoms with Gasteiger partial charge in [-0.25, -0.2) is 9.59 Å². The van der Waals surface area contributed by atoms with Crippen molar-refractivity contribution < 1.29 is 19.8 Å². The number of hydrogen-bond donors (Lipinski definition) is 3. The van der Waals surface area contributed by atoms with Crippen LogP contribution in [0, 0.1) is 0 Å². The second-order valence-corrected chi connectivity index (χ2v) is 9.19. The first-order valence-corrected chi connectivity index (χ1v) is 12.0. The maximum atomic E-state index is 12.4. The summed E-state index contributed by atoms with van der Waals surface area (Å²) in [5, 5.41) is 20.5. The number of benzene rings is 1. The Kier molecular flexibility index (Phi) is 11.2. The maximum Gasteiger partial charge on any atom is 0.328 e. The Balaban J connectivity index is 0.000000466. The predicted octanol–water partition coefficient (Wildman–Crippen LogP) is 5.04. The molecular formula is C26H30Cl2N2O5. The Morgan fingerprint density at radius 3 is 2.37 bits per heavy atom. The van der Waals surface area contributed by atoms with Crippen molar-refractivity contribution in [3.8, 4) is 0 Å². The zero-order chi connectivity index (χ0) is 26.0. The standard InChI is InChI=1S/C22H26Cl2N2O.C4H4O4/c1-15(2)11-13-26-21-5-3-4-20(17(21)7-9-22(26)27)25-12-10-16-6-8-18(23)19(24)14-16;5-3(6)1-2-4(7)8/h6-9,11,14,20,25H,3-5,10,12-13H2,1-2H3;1-2H,(H,5,6)(H,7,8)/b;2-1-. The normalized spacial score (nSPS) is 14.6. The fraction of sp³-hybridized carbons (Fsp3) is 0.346. The number of pyridine rings is 1. The van der Waals surface area contributed by atoms with Crippen molar-refractivity contribution in [2.45, 2.75) is 52.1 Å². The van der Waals surface area contributed by atoms with E-state index in [0.29, 0.717) is 28.7 Å². The summed E-state index contributed by atoms with van der Waals surface area (Å²) in [6.45, 7) is 5.64. The molecule has 7 nitrogen and oxygen atoms in total. The molecule has 1 aliphatic rings. The monoisotopic (exact) mass is 520 g/mol. The minimum atomic E-state index is -1.26. The first kappa shape index (κ1) is 28.4. The molecule has 0 saturated heterocycles. The number of nitrogens with one attached hydrogen (secondary N) is 1. The fourth-order valence-electron chi connectivity index (χ4n) is 3.78. The number of rotatable bonds is 8. The Bertz CT molecular complexity index is 1150. The van der Waals surface area contributed by atoms with Gasteiger partial charge in [-0.3, -0.25) is 4.79 Å². The van der Waals surface area contributed by atoms with E-state index in [9.17, 15) is 14.4 Å². The molecule has 1 aromatic heterocycles. The number of carbonyl (C=O) groups is 2. The van der Waals surface area contributed by atoms with Crippen molar-refractivity contribution in [3.63, 3.8) is 0 Å². The number of hydrogen-bond acceptors (Lipinski definition) is 4. The van der Waals surface area contributed by atoms with Crippen molar-refractivity contribution in [1.82, 2.24) is 9.88 Å². The lowest BCUT2D eigenvalue weighted by Crippen LogP contribution is -2.32. The highest BCUT2D eigenvalue weighted by molar-refractivity contribution is 6.42. The largest absolute Gasteiger partial charge is 0.478 e. The third kappa shape index (κ3) is 9.36. The average molecular weight is 521 g/mol. The lowest BCUT2D eigenvalue weighted by molar-refractivity contribution is -0.134. The number of carboxylic acids is 2. The average Bonchev–Trinajstić information content (AvgIpc) is 2.79. The van der Waals surface area contributed by atoms with E-state index in [1.807, 2.05) is 28.8 Å². The lowest BCUT2D eigenvalue weighted by atomic mass is 9.90. The zero-order valence-corrected chi connectivity index (χ0v) is 21.3. The number of aromatic nitrogens is 1. The van der Waals surface area contributed by atoms with Gasteiger partial charge in [0, 0.05) is 36.5 Å². The molecule has 0 radical (unpaired) electrons. The van der Waals surface area contributed by atoms with Crippen LogP contribution in [0.5, 0.6) is 0 Å². The van der Waals surface area contributed by atoms with Crippen LogP contribution in [0.3, 0.4) is 0 Å².